The van der Waals surface area contributed by atoms with E-state index in [2.05, 4.69) is 0 Å². The van der Waals surface area contributed by atoms with Crippen molar-refractivity contribution in [1.29, 1.82) is 0 Å². The summed E-state index contributed by atoms with van der Waals surface area (Å²) >= 11 is 0. The number of carboxylic acids is 2. The molecule has 6 nitrogen and oxygen atoms in total. The molecule has 3 unspecified atom stereocenters. The van der Waals surface area contributed by atoms with E-state index in [-0.39, 0.29) is 5.92 Å². The number of rotatable bonds is 5. The highest BCUT2D eigenvalue weighted by Crippen LogP contribution is 2.23. The Morgan fingerprint density at radius 3 is 1.19 bits per heavy atom. The van der Waals surface area contributed by atoms with Crippen molar-refractivity contribution in [2.75, 3.05) is 0 Å². The smallest absolute Gasteiger partial charge is 0.335 e. The van der Waals surface area contributed by atoms with Gasteiger partial charge in [0.1, 0.15) is 0 Å². The highest BCUT2D eigenvalue weighted by Gasteiger charge is 2.19. The molecule has 0 saturated carbocycles. The fourth-order valence-electron chi connectivity index (χ4n) is 2.38. The van der Waals surface area contributed by atoms with E-state index in [9.17, 15) is 19.8 Å². The number of aliphatic hydroxyl groups excluding tert-OH is 2. The Bertz CT molecular complexity index is 846. The molecule has 3 aromatic carbocycles. The molecule has 0 spiro atoms. The Morgan fingerprint density at radius 1 is 0.613 bits per heavy atom. The summed E-state index contributed by atoms with van der Waals surface area (Å²) in [5.74, 6) is -1.89. The maximum absolute atomic E-state index is 10.2. The zero-order valence-electron chi connectivity index (χ0n) is 17.5. The van der Waals surface area contributed by atoms with Gasteiger partial charge in [0.05, 0.1) is 23.3 Å². The van der Waals surface area contributed by atoms with Crippen molar-refractivity contribution in [3.8, 4) is 0 Å². The van der Waals surface area contributed by atoms with Gasteiger partial charge in [-0.3, -0.25) is 0 Å². The van der Waals surface area contributed by atoms with Gasteiger partial charge in [0.2, 0.25) is 0 Å². The van der Waals surface area contributed by atoms with E-state index in [1.807, 2.05) is 37.3 Å². The van der Waals surface area contributed by atoms with Gasteiger partial charge in [-0.05, 0) is 36.8 Å². The summed E-state index contributed by atoms with van der Waals surface area (Å²) in [5.41, 5.74) is 1.52. The summed E-state index contributed by atoms with van der Waals surface area (Å²) in [7, 11) is 0. The van der Waals surface area contributed by atoms with Crippen LogP contribution < -0.4 is 0 Å². The molecule has 0 amide bonds. The Balaban J connectivity index is 0.000000239. The molecule has 0 heterocycles. The lowest BCUT2D eigenvalue weighted by Crippen LogP contribution is -2.20. The highest BCUT2D eigenvalue weighted by atomic mass is 16.4. The molecule has 0 aliphatic carbocycles. The fourth-order valence-corrected chi connectivity index (χ4v) is 2.38. The van der Waals surface area contributed by atoms with Crippen LogP contribution >= 0.6 is 0 Å². The van der Waals surface area contributed by atoms with Gasteiger partial charge in [-0.2, -0.15) is 0 Å². The van der Waals surface area contributed by atoms with Crippen LogP contribution in [0.4, 0.5) is 0 Å². The number of carboxylic acid groups (broad SMARTS) is 2. The van der Waals surface area contributed by atoms with Crippen LogP contribution in [-0.4, -0.2) is 38.5 Å². The van der Waals surface area contributed by atoms with Crippen molar-refractivity contribution in [3.05, 3.63) is 108 Å². The lowest BCUT2D eigenvalue weighted by atomic mass is 9.93. The van der Waals surface area contributed by atoms with E-state index < -0.39 is 24.1 Å². The average Bonchev–Trinajstić information content (AvgIpc) is 2.80. The Kier molecular flexibility index (Phi) is 11.3. The van der Waals surface area contributed by atoms with E-state index in [0.29, 0.717) is 11.1 Å². The van der Waals surface area contributed by atoms with E-state index in [4.69, 9.17) is 10.2 Å². The number of aliphatic hydroxyl groups is 2. The third-order valence-corrected chi connectivity index (χ3v) is 4.44. The van der Waals surface area contributed by atoms with Crippen molar-refractivity contribution in [3.63, 3.8) is 0 Å². The van der Waals surface area contributed by atoms with Crippen molar-refractivity contribution in [1.82, 2.24) is 0 Å². The molecule has 0 aromatic heterocycles. The standard InChI is InChI=1S/C11H16O2.2C7H6O2/c1-8(9(2)12)11(13)10-6-4-3-5-7-10;2*8-7(9)6-4-2-1-3-5-6/h3-9,11-13H,1-2H3;2*1-5H,(H,8,9). The fraction of sp³-hybridized carbons (Fsp3) is 0.200. The van der Waals surface area contributed by atoms with Gasteiger partial charge < -0.3 is 20.4 Å². The quantitative estimate of drug-likeness (QED) is 0.479. The van der Waals surface area contributed by atoms with Crippen LogP contribution in [0.2, 0.25) is 0 Å². The second-order valence-electron chi connectivity index (χ2n) is 6.80. The summed E-state index contributed by atoms with van der Waals surface area (Å²) in [6, 6.07) is 26.0. The van der Waals surface area contributed by atoms with E-state index in [1.54, 1.807) is 67.6 Å². The zero-order valence-corrected chi connectivity index (χ0v) is 17.5. The Morgan fingerprint density at radius 2 is 0.935 bits per heavy atom. The normalized spacial score (nSPS) is 12.6. The molecule has 3 aromatic rings. The molecule has 0 saturated heterocycles. The SMILES string of the molecule is CC(O)C(C)C(O)c1ccccc1.O=C(O)c1ccccc1.O=C(O)c1ccccc1. The number of carbonyl (C=O) groups is 2. The minimum atomic E-state index is -0.879. The van der Waals surface area contributed by atoms with Crippen LogP contribution in [0.25, 0.3) is 0 Å². The summed E-state index contributed by atoms with van der Waals surface area (Å²) in [6.45, 7) is 3.53. The van der Waals surface area contributed by atoms with E-state index in [0.717, 1.165) is 5.56 Å². The zero-order chi connectivity index (χ0) is 23.2. The van der Waals surface area contributed by atoms with Gasteiger partial charge in [0.15, 0.2) is 0 Å². The molecule has 164 valence electrons. The summed E-state index contributed by atoms with van der Waals surface area (Å²) in [5, 5.41) is 35.9. The summed E-state index contributed by atoms with van der Waals surface area (Å²) in [4.78, 5) is 20.4. The second-order valence-corrected chi connectivity index (χ2v) is 6.80. The Hall–Kier alpha value is -3.48. The number of aromatic carboxylic acids is 2. The first-order chi connectivity index (χ1) is 14.7. The van der Waals surface area contributed by atoms with Gasteiger partial charge in [-0.1, -0.05) is 73.7 Å². The third-order valence-electron chi connectivity index (χ3n) is 4.44. The summed E-state index contributed by atoms with van der Waals surface area (Å²) in [6.07, 6.45) is -1.07. The largest absolute Gasteiger partial charge is 0.478 e. The number of hydrogen-bond acceptors (Lipinski definition) is 4. The van der Waals surface area contributed by atoms with Crippen molar-refractivity contribution in [2.24, 2.45) is 5.92 Å². The van der Waals surface area contributed by atoms with Crippen molar-refractivity contribution in [2.45, 2.75) is 26.1 Å². The van der Waals surface area contributed by atoms with Crippen LogP contribution in [-0.2, 0) is 0 Å². The van der Waals surface area contributed by atoms with Crippen LogP contribution in [0.3, 0.4) is 0 Å². The molecule has 3 rings (SSSR count). The van der Waals surface area contributed by atoms with E-state index in [1.165, 1.54) is 0 Å². The molecule has 3 atom stereocenters. The molecule has 6 heteroatoms. The number of benzene rings is 3. The monoisotopic (exact) mass is 424 g/mol. The van der Waals surface area contributed by atoms with Gasteiger partial charge >= 0.3 is 11.9 Å². The highest BCUT2D eigenvalue weighted by molar-refractivity contribution is 5.87. The molecule has 0 aliphatic rings. The minimum Gasteiger partial charge on any atom is -0.478 e. The van der Waals surface area contributed by atoms with E-state index >= 15 is 0 Å². The molecule has 4 N–H and O–H groups in total. The molecule has 0 fully saturated rings. The predicted octanol–water partition coefficient (Wildman–Crippen LogP) is 4.51. The lowest BCUT2D eigenvalue weighted by molar-refractivity contribution is 0.0307. The van der Waals surface area contributed by atoms with Crippen LogP contribution in [0.5, 0.6) is 0 Å². The van der Waals surface area contributed by atoms with Crippen LogP contribution in [0.15, 0.2) is 91.0 Å². The predicted molar refractivity (Wildman–Crippen MR) is 119 cm³/mol. The number of hydrogen-bond donors (Lipinski definition) is 4. The van der Waals surface area contributed by atoms with Crippen molar-refractivity contribution >= 4 is 11.9 Å². The topological polar surface area (TPSA) is 115 Å². The summed E-state index contributed by atoms with van der Waals surface area (Å²) < 4.78 is 0. The second kappa shape index (κ2) is 13.7. The van der Waals surface area contributed by atoms with Gasteiger partial charge in [-0.15, -0.1) is 0 Å². The van der Waals surface area contributed by atoms with Crippen LogP contribution in [0, 0.1) is 5.92 Å². The maximum atomic E-state index is 10.2. The Labute approximate surface area is 182 Å². The first kappa shape index (κ1) is 25.6. The average molecular weight is 424 g/mol. The molecule has 31 heavy (non-hydrogen) atoms. The molecular weight excluding hydrogens is 396 g/mol. The lowest BCUT2D eigenvalue weighted by Gasteiger charge is -2.21. The maximum Gasteiger partial charge on any atom is 0.335 e. The van der Waals surface area contributed by atoms with Gasteiger partial charge in [0.25, 0.3) is 0 Å². The minimum absolute atomic E-state index is 0.137. The third kappa shape index (κ3) is 9.71. The van der Waals surface area contributed by atoms with Gasteiger partial charge in [-0.25, -0.2) is 9.59 Å². The molecular formula is C25H28O6. The van der Waals surface area contributed by atoms with Gasteiger partial charge in [0, 0.05) is 5.92 Å². The molecule has 0 aliphatic heterocycles. The first-order valence-electron chi connectivity index (χ1n) is 9.71. The molecule has 0 radical (unpaired) electrons. The van der Waals surface area contributed by atoms with Crippen LogP contribution in [0.1, 0.15) is 46.2 Å². The first-order valence-corrected chi connectivity index (χ1v) is 9.71. The van der Waals surface area contributed by atoms with Crippen molar-refractivity contribution < 1.29 is 30.0 Å². The molecule has 0 bridgehead atoms.